The van der Waals surface area contributed by atoms with Crippen LogP contribution in [0.1, 0.15) is 19.4 Å². The average molecular weight is 190 g/mol. The van der Waals surface area contributed by atoms with Crippen LogP contribution in [0.5, 0.6) is 0 Å². The van der Waals surface area contributed by atoms with Crippen LogP contribution >= 0.6 is 0 Å². The molecule has 1 N–H and O–H groups in total. The molecule has 0 radical (unpaired) electrons. The molecular weight excluding hydrogens is 176 g/mol. The highest BCUT2D eigenvalue weighted by Crippen LogP contribution is 2.21. The molecule has 3 heteroatoms. The molecule has 14 heavy (non-hydrogen) atoms. The summed E-state index contributed by atoms with van der Waals surface area (Å²) in [6.45, 7) is 5.10. The standard InChI is InChI=1S/C11H14N2O/c1-8(2)13-7-3-4-9-10(14)5-6-12-11(9)13/h3-6,8H,7H2,1-2H3,(H,12,14). The summed E-state index contributed by atoms with van der Waals surface area (Å²) in [6, 6.07) is 1.96. The maximum absolute atomic E-state index is 11.5. The minimum Gasteiger partial charge on any atom is -0.351 e. The van der Waals surface area contributed by atoms with Crippen molar-refractivity contribution >= 4 is 11.9 Å². The Labute approximate surface area is 83.1 Å². The number of hydrogen-bond acceptors (Lipinski definition) is 2. The number of nitrogens with one attached hydrogen (secondary N) is 1. The van der Waals surface area contributed by atoms with Crippen molar-refractivity contribution in [2.45, 2.75) is 19.9 Å². The molecule has 74 valence electrons. The van der Waals surface area contributed by atoms with Crippen molar-refractivity contribution in [1.29, 1.82) is 0 Å². The molecule has 2 heterocycles. The second kappa shape index (κ2) is 3.33. The van der Waals surface area contributed by atoms with Crippen LogP contribution in [-0.4, -0.2) is 17.6 Å². The van der Waals surface area contributed by atoms with E-state index in [-0.39, 0.29) is 5.43 Å². The molecule has 0 aliphatic carbocycles. The van der Waals surface area contributed by atoms with Crippen LogP contribution in [0.3, 0.4) is 0 Å². The SMILES string of the molecule is CC(C)N1CC=Cc2c1[nH]ccc2=O. The lowest BCUT2D eigenvalue weighted by atomic mass is 10.1. The Morgan fingerprint density at radius 3 is 3.00 bits per heavy atom. The number of rotatable bonds is 1. The van der Waals surface area contributed by atoms with E-state index in [4.69, 9.17) is 0 Å². The van der Waals surface area contributed by atoms with Crippen molar-refractivity contribution in [1.82, 2.24) is 4.98 Å². The molecule has 0 aromatic carbocycles. The molecule has 3 nitrogen and oxygen atoms in total. The molecule has 1 aromatic heterocycles. The zero-order chi connectivity index (χ0) is 10.1. The van der Waals surface area contributed by atoms with Gasteiger partial charge in [-0.25, -0.2) is 0 Å². The lowest BCUT2D eigenvalue weighted by Gasteiger charge is -2.30. The normalized spacial score (nSPS) is 14.6. The zero-order valence-electron chi connectivity index (χ0n) is 8.45. The summed E-state index contributed by atoms with van der Waals surface area (Å²) < 4.78 is 0. The number of aromatic nitrogens is 1. The molecule has 2 rings (SSSR count). The van der Waals surface area contributed by atoms with Gasteiger partial charge >= 0.3 is 0 Å². The van der Waals surface area contributed by atoms with Gasteiger partial charge in [0, 0.05) is 24.8 Å². The van der Waals surface area contributed by atoms with E-state index >= 15 is 0 Å². The first-order chi connectivity index (χ1) is 6.70. The van der Waals surface area contributed by atoms with Crippen molar-refractivity contribution in [3.05, 3.63) is 34.1 Å². The van der Waals surface area contributed by atoms with Gasteiger partial charge in [-0.05, 0) is 19.9 Å². The van der Waals surface area contributed by atoms with Crippen LogP contribution in [-0.2, 0) is 0 Å². The van der Waals surface area contributed by atoms with Gasteiger partial charge in [-0.3, -0.25) is 4.79 Å². The van der Waals surface area contributed by atoms with Gasteiger partial charge in [0.05, 0.1) is 5.56 Å². The molecule has 0 amide bonds. The van der Waals surface area contributed by atoms with Gasteiger partial charge in [0.25, 0.3) is 0 Å². The van der Waals surface area contributed by atoms with Crippen molar-refractivity contribution in [3.8, 4) is 0 Å². The Morgan fingerprint density at radius 2 is 2.29 bits per heavy atom. The third kappa shape index (κ3) is 1.35. The molecule has 1 aliphatic rings. The van der Waals surface area contributed by atoms with Crippen molar-refractivity contribution in [2.75, 3.05) is 11.4 Å². The molecule has 0 unspecified atom stereocenters. The fourth-order valence-electron chi connectivity index (χ4n) is 1.72. The monoisotopic (exact) mass is 190 g/mol. The highest BCUT2D eigenvalue weighted by molar-refractivity contribution is 5.67. The van der Waals surface area contributed by atoms with Crippen LogP contribution in [0.2, 0.25) is 0 Å². The summed E-state index contributed by atoms with van der Waals surface area (Å²) in [5, 5.41) is 0. The maximum atomic E-state index is 11.5. The quantitative estimate of drug-likeness (QED) is 0.730. The van der Waals surface area contributed by atoms with E-state index in [1.807, 2.05) is 12.2 Å². The van der Waals surface area contributed by atoms with Crippen LogP contribution in [0, 0.1) is 0 Å². The summed E-state index contributed by atoms with van der Waals surface area (Å²) in [6.07, 6.45) is 5.63. The van der Waals surface area contributed by atoms with E-state index in [1.54, 1.807) is 12.3 Å². The van der Waals surface area contributed by atoms with Crippen LogP contribution in [0.25, 0.3) is 6.08 Å². The van der Waals surface area contributed by atoms with Crippen LogP contribution in [0.15, 0.2) is 23.1 Å². The van der Waals surface area contributed by atoms with Crippen LogP contribution < -0.4 is 10.3 Å². The van der Waals surface area contributed by atoms with Gasteiger partial charge in [0.2, 0.25) is 0 Å². The summed E-state index contributed by atoms with van der Waals surface area (Å²) in [4.78, 5) is 16.8. The molecule has 0 saturated carbocycles. The van der Waals surface area contributed by atoms with Gasteiger partial charge in [-0.1, -0.05) is 6.08 Å². The van der Waals surface area contributed by atoms with E-state index < -0.39 is 0 Å². The van der Waals surface area contributed by atoms with Gasteiger partial charge in [-0.2, -0.15) is 0 Å². The minimum absolute atomic E-state index is 0.0837. The number of anilines is 1. The smallest absolute Gasteiger partial charge is 0.190 e. The fraction of sp³-hybridized carbons (Fsp3) is 0.364. The lowest BCUT2D eigenvalue weighted by molar-refractivity contribution is 0.708. The highest BCUT2D eigenvalue weighted by Gasteiger charge is 2.17. The first kappa shape index (κ1) is 9.06. The minimum atomic E-state index is 0.0837. The Hall–Kier alpha value is -1.51. The third-order valence-electron chi connectivity index (χ3n) is 2.47. The van der Waals surface area contributed by atoms with Crippen molar-refractivity contribution in [2.24, 2.45) is 0 Å². The first-order valence-corrected chi connectivity index (χ1v) is 4.85. The summed E-state index contributed by atoms with van der Waals surface area (Å²) >= 11 is 0. The number of nitrogens with zero attached hydrogens (tertiary/aromatic N) is 1. The highest BCUT2D eigenvalue weighted by atomic mass is 16.1. The maximum Gasteiger partial charge on any atom is 0.190 e. The zero-order valence-corrected chi connectivity index (χ0v) is 8.45. The number of H-pyrrole nitrogens is 1. The second-order valence-electron chi connectivity index (χ2n) is 3.75. The van der Waals surface area contributed by atoms with Gasteiger partial charge in [0.15, 0.2) is 5.43 Å². The Morgan fingerprint density at radius 1 is 1.50 bits per heavy atom. The predicted molar refractivity (Wildman–Crippen MR) is 58.6 cm³/mol. The van der Waals surface area contributed by atoms with Crippen molar-refractivity contribution < 1.29 is 0 Å². The number of hydrogen-bond donors (Lipinski definition) is 1. The second-order valence-corrected chi connectivity index (χ2v) is 3.75. The third-order valence-corrected chi connectivity index (χ3v) is 2.47. The summed E-state index contributed by atoms with van der Waals surface area (Å²) in [5.74, 6) is 0.940. The predicted octanol–water partition coefficient (Wildman–Crippen LogP) is 1.62. The number of pyridine rings is 1. The van der Waals surface area contributed by atoms with E-state index in [1.165, 1.54) is 0 Å². The fourth-order valence-corrected chi connectivity index (χ4v) is 1.72. The average Bonchev–Trinajstić information content (AvgIpc) is 2.17. The first-order valence-electron chi connectivity index (χ1n) is 4.85. The van der Waals surface area contributed by atoms with Gasteiger partial charge in [0.1, 0.15) is 5.82 Å². The molecule has 0 atom stereocenters. The topological polar surface area (TPSA) is 36.1 Å². The molecule has 0 saturated heterocycles. The van der Waals surface area contributed by atoms with Gasteiger partial charge < -0.3 is 9.88 Å². The molecule has 0 bridgehead atoms. The van der Waals surface area contributed by atoms with Crippen molar-refractivity contribution in [3.63, 3.8) is 0 Å². The summed E-state index contributed by atoms with van der Waals surface area (Å²) in [7, 11) is 0. The molecule has 0 fully saturated rings. The van der Waals surface area contributed by atoms with E-state index in [0.29, 0.717) is 6.04 Å². The molecule has 1 aromatic rings. The Balaban J connectivity index is 2.56. The van der Waals surface area contributed by atoms with E-state index in [0.717, 1.165) is 17.9 Å². The van der Waals surface area contributed by atoms with Crippen LogP contribution in [0.4, 0.5) is 5.82 Å². The number of fused-ring (bicyclic) bond motifs is 1. The lowest BCUT2D eigenvalue weighted by Crippen LogP contribution is -2.35. The molecule has 1 aliphatic heterocycles. The van der Waals surface area contributed by atoms with Gasteiger partial charge in [-0.15, -0.1) is 0 Å². The Kier molecular flexibility index (Phi) is 2.15. The molecular formula is C11H14N2O. The Bertz CT molecular complexity index is 418. The summed E-state index contributed by atoms with van der Waals surface area (Å²) in [5.41, 5.74) is 0.854. The van der Waals surface area contributed by atoms with E-state index in [2.05, 4.69) is 23.7 Å². The van der Waals surface area contributed by atoms with E-state index in [9.17, 15) is 4.79 Å². The largest absolute Gasteiger partial charge is 0.351 e. The molecule has 0 spiro atoms. The number of aromatic amines is 1.